The fourth-order valence-electron chi connectivity index (χ4n) is 3.61. The van der Waals surface area contributed by atoms with E-state index in [-0.39, 0.29) is 12.1 Å². The molecule has 2 aliphatic rings. The third-order valence-electron chi connectivity index (χ3n) is 5.06. The number of urea groups is 1. The lowest BCUT2D eigenvalue weighted by atomic mass is 10.0. The molecule has 0 spiro atoms. The second-order valence-electron chi connectivity index (χ2n) is 6.67. The zero-order valence-corrected chi connectivity index (χ0v) is 14.8. The highest BCUT2D eigenvalue weighted by molar-refractivity contribution is 6.11. The number of carbonyl (C=O) groups excluding carboxylic acids is 1. The first-order chi connectivity index (χ1) is 12.7. The lowest BCUT2D eigenvalue weighted by molar-refractivity contribution is 0.256. The summed E-state index contributed by atoms with van der Waals surface area (Å²) in [6.07, 6.45) is 4.56. The molecule has 2 heterocycles. The van der Waals surface area contributed by atoms with Crippen LogP contribution in [0.3, 0.4) is 0 Å². The lowest BCUT2D eigenvalue weighted by Crippen LogP contribution is -2.45. The summed E-state index contributed by atoms with van der Waals surface area (Å²) in [4.78, 5) is 19.6. The van der Waals surface area contributed by atoms with E-state index in [0.717, 1.165) is 30.7 Å². The van der Waals surface area contributed by atoms with Gasteiger partial charge in [0.1, 0.15) is 0 Å². The molecular weight excluding hydrogens is 324 g/mol. The molecule has 5 heteroatoms. The van der Waals surface area contributed by atoms with E-state index in [4.69, 9.17) is 5.73 Å². The predicted molar refractivity (Wildman–Crippen MR) is 107 cm³/mol. The first-order valence-electron chi connectivity index (χ1n) is 8.94. The molecule has 3 N–H and O–H groups in total. The van der Waals surface area contributed by atoms with Gasteiger partial charge in [-0.2, -0.15) is 0 Å². The van der Waals surface area contributed by atoms with Crippen molar-refractivity contribution in [2.45, 2.75) is 32.2 Å². The van der Waals surface area contributed by atoms with Crippen LogP contribution >= 0.6 is 0 Å². The molecule has 0 aromatic heterocycles. The monoisotopic (exact) mass is 346 g/mol. The number of hydrogen-bond donors (Lipinski definition) is 2. The van der Waals surface area contributed by atoms with Crippen molar-refractivity contribution in [2.24, 2.45) is 4.99 Å². The number of carbonyl (C=O) groups is 1. The second kappa shape index (κ2) is 6.67. The van der Waals surface area contributed by atoms with Crippen LogP contribution in [0.4, 0.5) is 21.9 Å². The van der Waals surface area contributed by atoms with Gasteiger partial charge >= 0.3 is 6.03 Å². The number of hydrogen-bond acceptors (Lipinski definition) is 3. The minimum Gasteiger partial charge on any atom is -0.397 e. The fourth-order valence-corrected chi connectivity index (χ4v) is 3.61. The Labute approximate surface area is 153 Å². The van der Waals surface area contributed by atoms with Crippen LogP contribution in [0.2, 0.25) is 0 Å². The molecule has 2 aromatic rings. The van der Waals surface area contributed by atoms with Gasteiger partial charge in [0.25, 0.3) is 0 Å². The van der Waals surface area contributed by atoms with E-state index in [1.807, 2.05) is 47.5 Å². The minimum atomic E-state index is -0.175. The molecule has 2 amide bonds. The second-order valence-corrected chi connectivity index (χ2v) is 6.67. The highest BCUT2D eigenvalue weighted by Crippen LogP contribution is 2.35. The molecule has 2 aliphatic heterocycles. The first-order valence-corrected chi connectivity index (χ1v) is 8.94. The Morgan fingerprint density at radius 3 is 2.77 bits per heavy atom. The third-order valence-corrected chi connectivity index (χ3v) is 5.06. The summed E-state index contributed by atoms with van der Waals surface area (Å²) < 4.78 is 0. The average Bonchev–Trinajstić information content (AvgIpc) is 3.27. The number of nitrogens with zero attached hydrogens (tertiary/aromatic N) is 2. The molecule has 1 atom stereocenters. The van der Waals surface area contributed by atoms with E-state index in [2.05, 4.69) is 23.3 Å². The van der Waals surface area contributed by atoms with E-state index in [9.17, 15) is 4.79 Å². The van der Waals surface area contributed by atoms with Gasteiger partial charge in [-0.05, 0) is 35.8 Å². The summed E-state index contributed by atoms with van der Waals surface area (Å²) in [6.45, 7) is 2.14. The third kappa shape index (κ3) is 2.86. The summed E-state index contributed by atoms with van der Waals surface area (Å²) in [7, 11) is 0. The molecule has 2 aromatic carbocycles. The van der Waals surface area contributed by atoms with E-state index in [1.54, 1.807) is 6.07 Å². The number of amides is 2. The number of benzene rings is 2. The molecule has 0 saturated heterocycles. The Kier molecular flexibility index (Phi) is 4.21. The number of anilines is 3. The van der Waals surface area contributed by atoms with Crippen LogP contribution in [0.25, 0.3) is 0 Å². The van der Waals surface area contributed by atoms with E-state index >= 15 is 0 Å². The maximum Gasteiger partial charge on any atom is 0.327 e. The van der Waals surface area contributed by atoms with E-state index in [1.165, 1.54) is 11.1 Å². The highest BCUT2D eigenvalue weighted by Gasteiger charge is 2.37. The van der Waals surface area contributed by atoms with Gasteiger partial charge < -0.3 is 11.1 Å². The van der Waals surface area contributed by atoms with Gasteiger partial charge in [-0.1, -0.05) is 37.3 Å². The highest BCUT2D eigenvalue weighted by atomic mass is 16.2. The van der Waals surface area contributed by atoms with Crippen LogP contribution in [0.15, 0.2) is 65.3 Å². The number of rotatable bonds is 3. The largest absolute Gasteiger partial charge is 0.397 e. The predicted octanol–water partition coefficient (Wildman–Crippen LogP) is 4.37. The lowest BCUT2D eigenvalue weighted by Gasteiger charge is -2.26. The Bertz CT molecular complexity index is 916. The standard InChI is InChI=1S/C21H22N4O/c1-2-14-11-18(23-13-14)20-12-15-7-3-6-10-19(15)25(20)21(26)24-17-9-5-4-8-16(17)22/h3-10,13,20H,2,11-12,22H2,1H3,(H,24,26). The fraction of sp³-hybridized carbons (Fsp3) is 0.238. The smallest absolute Gasteiger partial charge is 0.327 e. The summed E-state index contributed by atoms with van der Waals surface area (Å²) >= 11 is 0. The Hall–Kier alpha value is -3.08. The van der Waals surface area contributed by atoms with Gasteiger partial charge in [0.15, 0.2) is 0 Å². The normalized spacial score (nSPS) is 18.3. The maximum absolute atomic E-state index is 13.1. The average molecular weight is 346 g/mol. The van der Waals surface area contributed by atoms with Crippen molar-refractivity contribution in [3.63, 3.8) is 0 Å². The zero-order valence-electron chi connectivity index (χ0n) is 14.8. The Balaban J connectivity index is 1.64. The van der Waals surface area contributed by atoms with Crippen LogP contribution in [-0.2, 0) is 6.42 Å². The Morgan fingerprint density at radius 2 is 2.00 bits per heavy atom. The molecule has 0 aliphatic carbocycles. The topological polar surface area (TPSA) is 70.7 Å². The summed E-state index contributed by atoms with van der Waals surface area (Å²) in [5, 5.41) is 2.96. The molecule has 1 unspecified atom stereocenters. The van der Waals surface area contributed by atoms with Gasteiger partial charge in [-0.25, -0.2) is 4.79 Å². The molecule has 4 rings (SSSR count). The van der Waals surface area contributed by atoms with Crippen LogP contribution in [0.5, 0.6) is 0 Å². The van der Waals surface area contributed by atoms with Gasteiger partial charge in [0.2, 0.25) is 0 Å². The molecule has 0 saturated carbocycles. The molecular formula is C21H22N4O. The van der Waals surface area contributed by atoms with Gasteiger partial charge in [-0.3, -0.25) is 9.89 Å². The van der Waals surface area contributed by atoms with Crippen molar-refractivity contribution in [3.8, 4) is 0 Å². The van der Waals surface area contributed by atoms with Crippen molar-refractivity contribution in [1.29, 1.82) is 0 Å². The molecule has 26 heavy (non-hydrogen) atoms. The van der Waals surface area contributed by atoms with Gasteiger partial charge in [0, 0.05) is 30.4 Å². The van der Waals surface area contributed by atoms with E-state index < -0.39 is 0 Å². The quantitative estimate of drug-likeness (QED) is 0.810. The van der Waals surface area contributed by atoms with Crippen molar-refractivity contribution < 1.29 is 4.79 Å². The maximum atomic E-state index is 13.1. The molecule has 0 fully saturated rings. The summed E-state index contributed by atoms with van der Waals surface area (Å²) in [5.74, 6) is 0. The first kappa shape index (κ1) is 16.4. The van der Waals surface area contributed by atoms with Crippen molar-refractivity contribution in [3.05, 3.63) is 65.9 Å². The van der Waals surface area contributed by atoms with Crippen LogP contribution in [0.1, 0.15) is 25.3 Å². The number of nitrogens with one attached hydrogen (secondary N) is 1. The van der Waals surface area contributed by atoms with Crippen LogP contribution < -0.4 is 16.0 Å². The molecule has 0 bridgehead atoms. The number of nitrogens with two attached hydrogens (primary N) is 1. The van der Waals surface area contributed by atoms with Crippen molar-refractivity contribution in [2.75, 3.05) is 16.0 Å². The molecule has 0 radical (unpaired) electrons. The van der Waals surface area contributed by atoms with Crippen molar-refractivity contribution in [1.82, 2.24) is 0 Å². The number of nitrogen functional groups attached to an aromatic ring is 1. The van der Waals surface area contributed by atoms with E-state index in [0.29, 0.717) is 11.4 Å². The SMILES string of the molecule is CCC1=CN=C(C2Cc3ccccc3N2C(=O)Nc2ccccc2N)C1. The minimum absolute atomic E-state index is 0.0577. The number of aliphatic imine (C=N–C) groups is 1. The van der Waals surface area contributed by atoms with Crippen LogP contribution in [-0.4, -0.2) is 17.8 Å². The van der Waals surface area contributed by atoms with Gasteiger partial charge in [-0.15, -0.1) is 0 Å². The van der Waals surface area contributed by atoms with Crippen LogP contribution in [0, 0.1) is 0 Å². The number of fused-ring (bicyclic) bond motifs is 1. The summed E-state index contributed by atoms with van der Waals surface area (Å²) in [5.41, 5.74) is 11.6. The molecule has 5 nitrogen and oxygen atoms in total. The number of allylic oxidation sites excluding steroid dienone is 1. The van der Waals surface area contributed by atoms with Crippen molar-refractivity contribution >= 4 is 28.8 Å². The molecule has 132 valence electrons. The summed E-state index contributed by atoms with van der Waals surface area (Å²) in [6, 6.07) is 15.1. The number of para-hydroxylation sites is 3. The Morgan fingerprint density at radius 1 is 1.23 bits per heavy atom. The van der Waals surface area contributed by atoms with Gasteiger partial charge in [0.05, 0.1) is 17.4 Å². The zero-order chi connectivity index (χ0) is 18.1.